The minimum atomic E-state index is -0.834. The van der Waals surface area contributed by atoms with Gasteiger partial charge < -0.3 is 5.11 Å². The van der Waals surface area contributed by atoms with E-state index in [1.807, 2.05) is 18.7 Å². The summed E-state index contributed by atoms with van der Waals surface area (Å²) in [6, 6.07) is 6.78. The van der Waals surface area contributed by atoms with E-state index in [1.165, 1.54) is 17.8 Å². The third-order valence-electron chi connectivity index (χ3n) is 2.54. The average molecular weight is 271 g/mol. The zero-order valence-corrected chi connectivity index (χ0v) is 11.4. The Hall–Kier alpha value is -1.07. The van der Waals surface area contributed by atoms with Crippen LogP contribution in [0.3, 0.4) is 0 Å². The van der Waals surface area contributed by atoms with Gasteiger partial charge in [-0.25, -0.2) is 4.39 Å². The van der Waals surface area contributed by atoms with Crippen molar-refractivity contribution in [2.45, 2.75) is 24.8 Å². The van der Waals surface area contributed by atoms with Crippen LogP contribution in [0.1, 0.15) is 13.8 Å². The molecule has 18 heavy (non-hydrogen) atoms. The lowest BCUT2D eigenvalue weighted by atomic mass is 10.3. The molecule has 0 saturated heterocycles. The number of thioether (sulfide) groups is 1. The third-order valence-corrected chi connectivity index (χ3v) is 3.57. The highest BCUT2D eigenvalue weighted by molar-refractivity contribution is 7.99. The molecule has 0 fully saturated rings. The summed E-state index contributed by atoms with van der Waals surface area (Å²) in [5.74, 6) is -0.386. The number of hydrogen-bond acceptors (Lipinski definition) is 3. The molecule has 0 atom stereocenters. The molecule has 5 heteroatoms. The number of halogens is 1. The summed E-state index contributed by atoms with van der Waals surface area (Å²) in [4.78, 5) is 13.2. The van der Waals surface area contributed by atoms with Crippen molar-refractivity contribution in [3.63, 3.8) is 0 Å². The summed E-state index contributed by atoms with van der Waals surface area (Å²) < 4.78 is 13.4. The Morgan fingerprint density at radius 2 is 2.11 bits per heavy atom. The van der Waals surface area contributed by atoms with E-state index in [-0.39, 0.29) is 18.4 Å². The van der Waals surface area contributed by atoms with Gasteiger partial charge in [-0.1, -0.05) is 12.1 Å². The lowest BCUT2D eigenvalue weighted by molar-refractivity contribution is -0.138. The lowest BCUT2D eigenvalue weighted by Gasteiger charge is -2.24. The predicted octanol–water partition coefficient (Wildman–Crippen LogP) is 2.71. The molecule has 0 heterocycles. The number of hydrogen-bond donors (Lipinski definition) is 1. The minimum Gasteiger partial charge on any atom is -0.480 e. The molecule has 1 rings (SSSR count). The van der Waals surface area contributed by atoms with Crippen molar-refractivity contribution in [1.82, 2.24) is 4.90 Å². The van der Waals surface area contributed by atoms with Crippen LogP contribution >= 0.6 is 11.8 Å². The smallest absolute Gasteiger partial charge is 0.317 e. The molecule has 3 nitrogen and oxygen atoms in total. The van der Waals surface area contributed by atoms with Gasteiger partial charge >= 0.3 is 5.97 Å². The monoisotopic (exact) mass is 271 g/mol. The maximum atomic E-state index is 13.4. The molecular formula is C13H18FNO2S. The number of rotatable bonds is 7. The second-order valence-corrected chi connectivity index (χ2v) is 5.37. The summed E-state index contributed by atoms with van der Waals surface area (Å²) >= 11 is 1.41. The Labute approximate surface area is 111 Å². The van der Waals surface area contributed by atoms with Gasteiger partial charge in [-0.15, -0.1) is 11.8 Å². The van der Waals surface area contributed by atoms with Gasteiger partial charge in [-0.3, -0.25) is 9.69 Å². The number of benzene rings is 1. The molecule has 0 aliphatic heterocycles. The van der Waals surface area contributed by atoms with Crippen molar-refractivity contribution in [3.8, 4) is 0 Å². The number of nitrogens with zero attached hydrogens (tertiary/aromatic N) is 1. The topological polar surface area (TPSA) is 40.5 Å². The van der Waals surface area contributed by atoms with Crippen LogP contribution in [-0.4, -0.2) is 40.9 Å². The SMILES string of the molecule is CC(C)N(CCSc1ccccc1F)CC(=O)O. The van der Waals surface area contributed by atoms with Crippen LogP contribution in [0, 0.1) is 5.82 Å². The second-order valence-electron chi connectivity index (χ2n) is 4.24. The van der Waals surface area contributed by atoms with E-state index in [9.17, 15) is 9.18 Å². The first-order valence-corrected chi connectivity index (χ1v) is 6.82. The van der Waals surface area contributed by atoms with Crippen molar-refractivity contribution in [3.05, 3.63) is 30.1 Å². The molecule has 0 amide bonds. The van der Waals surface area contributed by atoms with Crippen LogP contribution in [0.4, 0.5) is 4.39 Å². The van der Waals surface area contributed by atoms with Crippen LogP contribution in [0.2, 0.25) is 0 Å². The predicted molar refractivity (Wildman–Crippen MR) is 71.5 cm³/mol. The molecule has 0 unspecified atom stereocenters. The molecule has 1 aromatic carbocycles. The fraction of sp³-hybridized carbons (Fsp3) is 0.462. The van der Waals surface area contributed by atoms with Gasteiger partial charge in [0.25, 0.3) is 0 Å². The van der Waals surface area contributed by atoms with Crippen LogP contribution in [-0.2, 0) is 4.79 Å². The molecule has 0 aliphatic carbocycles. The molecule has 0 radical (unpaired) electrons. The fourth-order valence-corrected chi connectivity index (χ4v) is 2.45. The van der Waals surface area contributed by atoms with Crippen molar-refractivity contribution in [2.24, 2.45) is 0 Å². The number of aliphatic carboxylic acids is 1. The molecule has 0 aliphatic rings. The van der Waals surface area contributed by atoms with Gasteiger partial charge in [0.15, 0.2) is 0 Å². The highest BCUT2D eigenvalue weighted by atomic mass is 32.2. The van der Waals surface area contributed by atoms with E-state index in [0.29, 0.717) is 17.2 Å². The van der Waals surface area contributed by atoms with E-state index >= 15 is 0 Å². The Balaban J connectivity index is 2.44. The number of carboxylic acids is 1. The minimum absolute atomic E-state index is 0.0233. The average Bonchev–Trinajstić information content (AvgIpc) is 2.29. The highest BCUT2D eigenvalue weighted by Gasteiger charge is 2.13. The van der Waals surface area contributed by atoms with Gasteiger partial charge in [-0.05, 0) is 26.0 Å². The van der Waals surface area contributed by atoms with Crippen molar-refractivity contribution in [2.75, 3.05) is 18.8 Å². The van der Waals surface area contributed by atoms with E-state index in [1.54, 1.807) is 18.2 Å². The Morgan fingerprint density at radius 3 is 2.67 bits per heavy atom. The molecule has 1 aromatic rings. The molecule has 0 saturated carbocycles. The Kier molecular flexibility index (Phi) is 6.15. The second kappa shape index (κ2) is 7.38. The van der Waals surface area contributed by atoms with Crippen LogP contribution < -0.4 is 0 Å². The highest BCUT2D eigenvalue weighted by Crippen LogP contribution is 2.21. The summed E-state index contributed by atoms with van der Waals surface area (Å²) in [5.41, 5.74) is 0. The van der Waals surface area contributed by atoms with Crippen molar-refractivity contribution in [1.29, 1.82) is 0 Å². The maximum absolute atomic E-state index is 13.4. The molecular weight excluding hydrogens is 253 g/mol. The summed E-state index contributed by atoms with van der Waals surface area (Å²) in [6.07, 6.45) is 0. The quantitative estimate of drug-likeness (QED) is 0.774. The van der Waals surface area contributed by atoms with Gasteiger partial charge in [0.05, 0.1) is 6.54 Å². The van der Waals surface area contributed by atoms with Gasteiger partial charge in [0.2, 0.25) is 0 Å². The largest absolute Gasteiger partial charge is 0.480 e. The lowest BCUT2D eigenvalue weighted by Crippen LogP contribution is -2.37. The molecule has 1 N–H and O–H groups in total. The first-order valence-electron chi connectivity index (χ1n) is 5.84. The number of carbonyl (C=O) groups is 1. The molecule has 0 bridgehead atoms. The first kappa shape index (κ1) is 15.0. The van der Waals surface area contributed by atoms with Gasteiger partial charge in [-0.2, -0.15) is 0 Å². The maximum Gasteiger partial charge on any atom is 0.317 e. The molecule has 100 valence electrons. The van der Waals surface area contributed by atoms with E-state index in [0.717, 1.165) is 0 Å². The third kappa shape index (κ3) is 5.06. The van der Waals surface area contributed by atoms with Crippen LogP contribution in [0.25, 0.3) is 0 Å². The van der Waals surface area contributed by atoms with Crippen LogP contribution in [0.5, 0.6) is 0 Å². The fourth-order valence-electron chi connectivity index (χ4n) is 1.53. The standard InChI is InChI=1S/C13H18FNO2S/c1-10(2)15(9-13(16)17)7-8-18-12-6-4-3-5-11(12)14/h3-6,10H,7-9H2,1-2H3,(H,16,17). The number of carboxylic acid groups (broad SMARTS) is 1. The van der Waals surface area contributed by atoms with Crippen molar-refractivity contribution < 1.29 is 14.3 Å². The zero-order valence-electron chi connectivity index (χ0n) is 10.6. The summed E-state index contributed by atoms with van der Waals surface area (Å²) in [7, 11) is 0. The Bertz CT molecular complexity index is 398. The van der Waals surface area contributed by atoms with E-state index in [4.69, 9.17) is 5.11 Å². The van der Waals surface area contributed by atoms with E-state index < -0.39 is 5.97 Å². The van der Waals surface area contributed by atoms with E-state index in [2.05, 4.69) is 0 Å². The van der Waals surface area contributed by atoms with Gasteiger partial charge in [0.1, 0.15) is 5.82 Å². The Morgan fingerprint density at radius 1 is 1.44 bits per heavy atom. The molecule has 0 spiro atoms. The normalized spacial score (nSPS) is 11.2. The van der Waals surface area contributed by atoms with Crippen LogP contribution in [0.15, 0.2) is 29.2 Å². The van der Waals surface area contributed by atoms with Crippen molar-refractivity contribution >= 4 is 17.7 Å². The molecule has 0 aromatic heterocycles. The first-order chi connectivity index (χ1) is 8.50. The van der Waals surface area contributed by atoms with Gasteiger partial charge in [0, 0.05) is 23.2 Å². The summed E-state index contributed by atoms with van der Waals surface area (Å²) in [5, 5.41) is 8.78. The zero-order chi connectivity index (χ0) is 13.5. The summed E-state index contributed by atoms with van der Waals surface area (Å²) in [6.45, 7) is 4.56.